The van der Waals surface area contributed by atoms with Gasteiger partial charge in [-0.3, -0.25) is 9.59 Å². The zero-order valence-electron chi connectivity index (χ0n) is 16.3. The van der Waals surface area contributed by atoms with Gasteiger partial charge in [-0.15, -0.1) is 0 Å². The Kier molecular flexibility index (Phi) is 6.53. The zero-order valence-corrected chi connectivity index (χ0v) is 16.3. The van der Waals surface area contributed by atoms with Crippen LogP contribution < -0.4 is 14.8 Å². The van der Waals surface area contributed by atoms with Crippen LogP contribution in [0.2, 0.25) is 0 Å². The second kappa shape index (κ2) is 9.26. The molecular weight excluding hydrogens is 356 g/mol. The van der Waals surface area contributed by atoms with Crippen LogP contribution in [0.1, 0.15) is 30.5 Å². The molecule has 0 saturated heterocycles. The Bertz CT molecular complexity index is 837. The molecule has 28 heavy (non-hydrogen) atoms. The van der Waals surface area contributed by atoms with Crippen LogP contribution in [0, 0.1) is 0 Å². The van der Waals surface area contributed by atoms with E-state index in [0.717, 1.165) is 17.7 Å². The van der Waals surface area contributed by atoms with Gasteiger partial charge in [0.2, 0.25) is 11.8 Å². The normalized spacial score (nSPS) is 15.5. The first-order valence-electron chi connectivity index (χ1n) is 9.47. The fourth-order valence-corrected chi connectivity index (χ4v) is 3.55. The third-order valence-corrected chi connectivity index (χ3v) is 4.93. The molecule has 1 aliphatic rings. The summed E-state index contributed by atoms with van der Waals surface area (Å²) in [5, 5.41) is 2.89. The summed E-state index contributed by atoms with van der Waals surface area (Å²) >= 11 is 0. The van der Waals surface area contributed by atoms with Gasteiger partial charge in [-0.2, -0.15) is 0 Å². The number of carbonyl (C=O) groups excluding carboxylic acids is 2. The molecule has 6 heteroatoms. The average Bonchev–Trinajstić information content (AvgIpc) is 2.71. The van der Waals surface area contributed by atoms with E-state index in [4.69, 9.17) is 9.47 Å². The van der Waals surface area contributed by atoms with Crippen molar-refractivity contribution in [3.05, 3.63) is 59.7 Å². The molecule has 148 valence electrons. The smallest absolute Gasteiger partial charge is 0.222 e. The lowest BCUT2D eigenvalue weighted by Crippen LogP contribution is -2.41. The number of ether oxygens (including phenoxy) is 2. The molecule has 1 aliphatic heterocycles. The van der Waals surface area contributed by atoms with E-state index in [2.05, 4.69) is 11.4 Å². The van der Waals surface area contributed by atoms with Gasteiger partial charge < -0.3 is 19.7 Å². The predicted octanol–water partition coefficient (Wildman–Crippen LogP) is 2.73. The molecule has 0 aromatic heterocycles. The van der Waals surface area contributed by atoms with Gasteiger partial charge in [-0.1, -0.05) is 30.3 Å². The van der Waals surface area contributed by atoms with Crippen molar-refractivity contribution in [2.24, 2.45) is 0 Å². The molecule has 0 radical (unpaired) electrons. The summed E-state index contributed by atoms with van der Waals surface area (Å²) in [4.78, 5) is 26.3. The molecule has 3 rings (SSSR count). The summed E-state index contributed by atoms with van der Waals surface area (Å²) in [6.45, 7) is 2.95. The molecule has 1 N–H and O–H groups in total. The SMILES string of the molecule is COc1cccc(OCCNC(=O)CC2c3ccccc3CCN2C(C)=O)c1. The van der Waals surface area contributed by atoms with Gasteiger partial charge in [0.25, 0.3) is 0 Å². The van der Waals surface area contributed by atoms with Gasteiger partial charge in [-0.25, -0.2) is 0 Å². The summed E-state index contributed by atoms with van der Waals surface area (Å²) in [6, 6.07) is 15.1. The lowest BCUT2D eigenvalue weighted by molar-refractivity contribution is -0.133. The van der Waals surface area contributed by atoms with E-state index in [1.54, 1.807) is 25.0 Å². The van der Waals surface area contributed by atoms with Crippen molar-refractivity contribution in [3.63, 3.8) is 0 Å². The van der Waals surface area contributed by atoms with Crippen molar-refractivity contribution < 1.29 is 19.1 Å². The minimum Gasteiger partial charge on any atom is -0.497 e. The molecule has 2 aromatic rings. The molecule has 0 bridgehead atoms. The van der Waals surface area contributed by atoms with E-state index < -0.39 is 0 Å². The number of nitrogens with zero attached hydrogens (tertiary/aromatic N) is 1. The van der Waals surface area contributed by atoms with E-state index >= 15 is 0 Å². The Morgan fingerprint density at radius 2 is 1.93 bits per heavy atom. The number of rotatable bonds is 7. The van der Waals surface area contributed by atoms with Crippen molar-refractivity contribution in [3.8, 4) is 11.5 Å². The lowest BCUT2D eigenvalue weighted by atomic mass is 9.90. The van der Waals surface area contributed by atoms with Crippen LogP contribution in [-0.4, -0.2) is 43.5 Å². The first-order chi connectivity index (χ1) is 13.6. The second-order valence-electron chi connectivity index (χ2n) is 6.76. The van der Waals surface area contributed by atoms with Crippen LogP contribution in [0.4, 0.5) is 0 Å². The predicted molar refractivity (Wildman–Crippen MR) is 106 cm³/mol. The van der Waals surface area contributed by atoms with Crippen LogP contribution in [0.15, 0.2) is 48.5 Å². The molecule has 1 unspecified atom stereocenters. The van der Waals surface area contributed by atoms with Gasteiger partial charge in [0.05, 0.1) is 26.1 Å². The quantitative estimate of drug-likeness (QED) is 0.748. The van der Waals surface area contributed by atoms with Crippen LogP contribution in [0.25, 0.3) is 0 Å². The Balaban J connectivity index is 1.53. The third-order valence-electron chi connectivity index (χ3n) is 4.93. The Hall–Kier alpha value is -3.02. The first-order valence-corrected chi connectivity index (χ1v) is 9.47. The van der Waals surface area contributed by atoms with Crippen LogP contribution in [0.3, 0.4) is 0 Å². The number of amides is 2. The molecular formula is C22H26N2O4. The van der Waals surface area contributed by atoms with Crippen LogP contribution >= 0.6 is 0 Å². The number of methoxy groups -OCH3 is 1. The highest BCUT2D eigenvalue weighted by atomic mass is 16.5. The summed E-state index contributed by atoms with van der Waals surface area (Å²) in [5.74, 6) is 1.32. The van der Waals surface area contributed by atoms with Crippen LogP contribution in [0.5, 0.6) is 11.5 Å². The topological polar surface area (TPSA) is 67.9 Å². The fourth-order valence-electron chi connectivity index (χ4n) is 3.55. The van der Waals surface area contributed by atoms with Gasteiger partial charge in [0.1, 0.15) is 18.1 Å². The molecule has 0 fully saturated rings. The monoisotopic (exact) mass is 382 g/mol. The Morgan fingerprint density at radius 1 is 1.14 bits per heavy atom. The summed E-state index contributed by atoms with van der Waals surface area (Å²) in [7, 11) is 1.60. The number of nitrogens with one attached hydrogen (secondary N) is 1. The standard InChI is InChI=1S/C22H26N2O4/c1-16(25)24-12-10-17-6-3-4-9-20(17)21(24)15-22(26)23-11-13-28-19-8-5-7-18(14-19)27-2/h3-9,14,21H,10-13,15H2,1-2H3,(H,23,26). The zero-order chi connectivity index (χ0) is 19.9. The fraction of sp³-hybridized carbons (Fsp3) is 0.364. The summed E-state index contributed by atoms with van der Waals surface area (Å²) in [5.41, 5.74) is 2.27. The van der Waals surface area contributed by atoms with E-state index in [9.17, 15) is 9.59 Å². The Labute approximate surface area is 165 Å². The van der Waals surface area contributed by atoms with Crippen molar-refractivity contribution in [1.82, 2.24) is 10.2 Å². The van der Waals surface area contributed by atoms with E-state index in [-0.39, 0.29) is 24.3 Å². The minimum atomic E-state index is -0.221. The maximum atomic E-state index is 12.5. The van der Waals surface area contributed by atoms with Crippen molar-refractivity contribution in [2.45, 2.75) is 25.8 Å². The minimum absolute atomic E-state index is 0.00587. The van der Waals surface area contributed by atoms with E-state index in [1.807, 2.05) is 36.4 Å². The number of fused-ring (bicyclic) bond motifs is 1. The first kappa shape index (κ1) is 19.7. The highest BCUT2D eigenvalue weighted by molar-refractivity contribution is 5.79. The molecule has 1 atom stereocenters. The van der Waals surface area contributed by atoms with Crippen molar-refractivity contribution in [2.75, 3.05) is 26.8 Å². The number of hydrogen-bond donors (Lipinski definition) is 1. The highest BCUT2D eigenvalue weighted by Crippen LogP contribution is 2.32. The molecule has 0 spiro atoms. The Morgan fingerprint density at radius 3 is 2.71 bits per heavy atom. The van der Waals surface area contributed by atoms with Crippen LogP contribution in [-0.2, 0) is 16.0 Å². The van der Waals surface area contributed by atoms with E-state index in [0.29, 0.717) is 25.4 Å². The van der Waals surface area contributed by atoms with Gasteiger partial charge in [-0.05, 0) is 29.7 Å². The van der Waals surface area contributed by atoms with Gasteiger partial charge in [0.15, 0.2) is 0 Å². The van der Waals surface area contributed by atoms with Crippen molar-refractivity contribution in [1.29, 1.82) is 0 Å². The number of hydrogen-bond acceptors (Lipinski definition) is 4. The average molecular weight is 382 g/mol. The molecule has 2 amide bonds. The summed E-state index contributed by atoms with van der Waals surface area (Å²) in [6.07, 6.45) is 1.07. The number of carbonyl (C=O) groups is 2. The summed E-state index contributed by atoms with van der Waals surface area (Å²) < 4.78 is 10.8. The maximum absolute atomic E-state index is 12.5. The van der Waals surface area contributed by atoms with Crippen molar-refractivity contribution >= 4 is 11.8 Å². The van der Waals surface area contributed by atoms with Gasteiger partial charge in [0, 0.05) is 19.5 Å². The molecule has 1 heterocycles. The highest BCUT2D eigenvalue weighted by Gasteiger charge is 2.30. The largest absolute Gasteiger partial charge is 0.497 e. The molecule has 6 nitrogen and oxygen atoms in total. The number of benzene rings is 2. The molecule has 0 saturated carbocycles. The molecule has 0 aliphatic carbocycles. The lowest BCUT2D eigenvalue weighted by Gasteiger charge is -2.36. The second-order valence-corrected chi connectivity index (χ2v) is 6.76. The third kappa shape index (κ3) is 4.82. The molecule has 2 aromatic carbocycles. The van der Waals surface area contributed by atoms with E-state index in [1.165, 1.54) is 5.56 Å². The maximum Gasteiger partial charge on any atom is 0.222 e. The van der Waals surface area contributed by atoms with Gasteiger partial charge >= 0.3 is 0 Å².